The molecule has 0 saturated carbocycles. The number of aromatic nitrogens is 3. The molecule has 8 nitrogen and oxygen atoms in total. The number of benzene rings is 1. The molecule has 9 heteroatoms. The zero-order valence-corrected chi connectivity index (χ0v) is 17.3. The van der Waals surface area contributed by atoms with Gasteiger partial charge in [-0.05, 0) is 45.2 Å². The van der Waals surface area contributed by atoms with Crippen molar-refractivity contribution in [2.24, 2.45) is 0 Å². The maximum absolute atomic E-state index is 12.3. The lowest BCUT2D eigenvalue weighted by atomic mass is 10.1. The van der Waals surface area contributed by atoms with Crippen LogP contribution in [-0.4, -0.2) is 52.1 Å². The van der Waals surface area contributed by atoms with Crippen molar-refractivity contribution in [3.8, 4) is 5.69 Å². The molecule has 3 amide bonds. The maximum Gasteiger partial charge on any atom is 0.321 e. The van der Waals surface area contributed by atoms with Gasteiger partial charge < -0.3 is 10.2 Å². The van der Waals surface area contributed by atoms with E-state index in [4.69, 9.17) is 0 Å². The second-order valence-corrected chi connectivity index (χ2v) is 8.14. The van der Waals surface area contributed by atoms with E-state index >= 15 is 0 Å². The highest BCUT2D eigenvalue weighted by molar-refractivity contribution is 8.00. The molecule has 0 unspecified atom stereocenters. The fraction of sp³-hybridized carbons (Fsp3) is 0.474. The minimum Gasteiger partial charge on any atom is -0.341 e. The summed E-state index contributed by atoms with van der Waals surface area (Å²) in [5, 5.41) is 13.6. The van der Waals surface area contributed by atoms with Crippen LogP contribution in [-0.2, 0) is 4.79 Å². The lowest BCUT2D eigenvalue weighted by molar-refractivity contribution is -0.119. The van der Waals surface area contributed by atoms with Crippen LogP contribution < -0.4 is 15.5 Å². The normalized spacial score (nSPS) is 15.2. The Morgan fingerprint density at radius 1 is 1.11 bits per heavy atom. The summed E-state index contributed by atoms with van der Waals surface area (Å²) in [6, 6.07) is 7.64. The molecular formula is C19H26N6O2S. The first-order chi connectivity index (χ1) is 13.5. The molecule has 3 rings (SSSR count). The van der Waals surface area contributed by atoms with Crippen LogP contribution in [0.15, 0.2) is 29.4 Å². The molecular weight excluding hydrogens is 376 g/mol. The Kier molecular flexibility index (Phi) is 6.56. The molecule has 150 valence electrons. The van der Waals surface area contributed by atoms with Crippen LogP contribution in [0.3, 0.4) is 0 Å². The lowest BCUT2D eigenvalue weighted by Crippen LogP contribution is -2.41. The molecule has 0 spiro atoms. The van der Waals surface area contributed by atoms with E-state index in [0.717, 1.165) is 37.6 Å². The summed E-state index contributed by atoms with van der Waals surface area (Å²) in [6.07, 6.45) is 3.50. The number of amides is 3. The topological polar surface area (TPSA) is 92.2 Å². The Labute approximate surface area is 169 Å². The highest BCUT2D eigenvalue weighted by Gasteiger charge is 2.25. The monoisotopic (exact) mass is 402 g/mol. The van der Waals surface area contributed by atoms with Gasteiger partial charge in [-0.15, -0.1) is 10.2 Å². The SMILES string of the molecule is CNC(=O)NC(=O)[C@H](C)Sc1nnc(N2CCCCC2)n1-c1ccc(C)cc1. The second kappa shape index (κ2) is 9.09. The third-order valence-electron chi connectivity index (χ3n) is 4.66. The minimum atomic E-state index is -0.522. The molecule has 1 aliphatic rings. The van der Waals surface area contributed by atoms with Crippen molar-refractivity contribution in [1.29, 1.82) is 0 Å². The Hall–Kier alpha value is -2.55. The third kappa shape index (κ3) is 4.64. The van der Waals surface area contributed by atoms with Crippen molar-refractivity contribution < 1.29 is 9.59 Å². The van der Waals surface area contributed by atoms with Gasteiger partial charge in [0.1, 0.15) is 0 Å². The predicted molar refractivity (Wildman–Crippen MR) is 110 cm³/mol. The Bertz CT molecular complexity index is 829. The van der Waals surface area contributed by atoms with E-state index in [9.17, 15) is 9.59 Å². The van der Waals surface area contributed by atoms with Gasteiger partial charge in [0.2, 0.25) is 11.9 Å². The van der Waals surface area contributed by atoms with Gasteiger partial charge in [-0.25, -0.2) is 4.79 Å². The minimum absolute atomic E-state index is 0.373. The first kappa shape index (κ1) is 20.2. The van der Waals surface area contributed by atoms with Crippen LogP contribution in [0.1, 0.15) is 31.7 Å². The van der Waals surface area contributed by atoms with Gasteiger partial charge in [0.05, 0.1) is 10.9 Å². The van der Waals surface area contributed by atoms with E-state index < -0.39 is 11.3 Å². The number of anilines is 1. The fourth-order valence-corrected chi connectivity index (χ4v) is 3.91. The van der Waals surface area contributed by atoms with Gasteiger partial charge in [-0.2, -0.15) is 0 Å². The molecule has 2 heterocycles. The summed E-state index contributed by atoms with van der Waals surface area (Å²) in [4.78, 5) is 25.9. The summed E-state index contributed by atoms with van der Waals surface area (Å²) >= 11 is 1.29. The molecule has 1 saturated heterocycles. The molecule has 1 fully saturated rings. The number of hydrogen-bond acceptors (Lipinski definition) is 6. The number of carbonyl (C=O) groups is 2. The Morgan fingerprint density at radius 3 is 2.43 bits per heavy atom. The number of carbonyl (C=O) groups excluding carboxylic acids is 2. The number of imide groups is 1. The predicted octanol–water partition coefficient (Wildman–Crippen LogP) is 2.50. The molecule has 1 aromatic carbocycles. The highest BCUT2D eigenvalue weighted by Crippen LogP contribution is 2.30. The van der Waals surface area contributed by atoms with Crippen molar-refractivity contribution in [2.75, 3.05) is 25.0 Å². The van der Waals surface area contributed by atoms with E-state index in [1.54, 1.807) is 6.92 Å². The van der Waals surface area contributed by atoms with Crippen LogP contribution in [0.2, 0.25) is 0 Å². The smallest absolute Gasteiger partial charge is 0.321 e. The Balaban J connectivity index is 1.90. The third-order valence-corrected chi connectivity index (χ3v) is 5.71. The van der Waals surface area contributed by atoms with Gasteiger partial charge >= 0.3 is 6.03 Å². The van der Waals surface area contributed by atoms with E-state index in [2.05, 4.69) is 25.7 Å². The number of hydrogen-bond donors (Lipinski definition) is 2. The van der Waals surface area contributed by atoms with Gasteiger partial charge in [-0.3, -0.25) is 14.7 Å². The van der Waals surface area contributed by atoms with Crippen molar-refractivity contribution >= 4 is 29.6 Å². The summed E-state index contributed by atoms with van der Waals surface area (Å²) < 4.78 is 2.00. The van der Waals surface area contributed by atoms with Gasteiger partial charge in [0.25, 0.3) is 0 Å². The van der Waals surface area contributed by atoms with E-state index in [1.165, 1.54) is 30.8 Å². The van der Waals surface area contributed by atoms with Crippen LogP contribution in [0, 0.1) is 6.92 Å². The van der Waals surface area contributed by atoms with Crippen molar-refractivity contribution in [1.82, 2.24) is 25.4 Å². The van der Waals surface area contributed by atoms with Crippen LogP contribution in [0.25, 0.3) is 5.69 Å². The number of nitrogens with zero attached hydrogens (tertiary/aromatic N) is 4. The number of rotatable bonds is 5. The van der Waals surface area contributed by atoms with E-state index in [-0.39, 0.29) is 5.91 Å². The maximum atomic E-state index is 12.3. The zero-order chi connectivity index (χ0) is 20.1. The van der Waals surface area contributed by atoms with Gasteiger partial charge in [0.15, 0.2) is 5.16 Å². The molecule has 1 aliphatic heterocycles. The lowest BCUT2D eigenvalue weighted by Gasteiger charge is -2.28. The number of piperidine rings is 1. The van der Waals surface area contributed by atoms with Crippen LogP contribution in [0.4, 0.5) is 10.7 Å². The average Bonchev–Trinajstić information content (AvgIpc) is 3.12. The highest BCUT2D eigenvalue weighted by atomic mass is 32.2. The summed E-state index contributed by atoms with van der Waals surface area (Å²) in [6.45, 7) is 5.68. The first-order valence-corrected chi connectivity index (χ1v) is 10.3. The number of thioether (sulfide) groups is 1. The van der Waals surface area contributed by atoms with Crippen LogP contribution >= 0.6 is 11.8 Å². The molecule has 28 heavy (non-hydrogen) atoms. The molecule has 1 aromatic heterocycles. The van der Waals surface area contributed by atoms with Crippen molar-refractivity contribution in [2.45, 2.75) is 43.5 Å². The molecule has 0 radical (unpaired) electrons. The quantitative estimate of drug-likeness (QED) is 0.747. The summed E-state index contributed by atoms with van der Waals surface area (Å²) in [5.41, 5.74) is 2.13. The fourth-order valence-electron chi connectivity index (χ4n) is 3.04. The summed E-state index contributed by atoms with van der Waals surface area (Å²) in [7, 11) is 1.47. The number of nitrogens with one attached hydrogen (secondary N) is 2. The molecule has 0 bridgehead atoms. The van der Waals surface area contributed by atoms with Crippen molar-refractivity contribution in [3.05, 3.63) is 29.8 Å². The van der Waals surface area contributed by atoms with E-state index in [0.29, 0.717) is 5.16 Å². The molecule has 0 aliphatic carbocycles. The Morgan fingerprint density at radius 2 is 1.79 bits per heavy atom. The van der Waals surface area contributed by atoms with Crippen LogP contribution in [0.5, 0.6) is 0 Å². The van der Waals surface area contributed by atoms with Gasteiger partial charge in [-0.1, -0.05) is 29.5 Å². The molecule has 2 aromatic rings. The van der Waals surface area contributed by atoms with Crippen molar-refractivity contribution in [3.63, 3.8) is 0 Å². The second-order valence-electron chi connectivity index (χ2n) is 6.83. The molecule has 1 atom stereocenters. The van der Waals surface area contributed by atoms with E-state index in [1.807, 2.05) is 35.8 Å². The largest absolute Gasteiger partial charge is 0.341 e. The number of urea groups is 1. The standard InChI is InChI=1S/C19H26N6O2S/c1-13-7-9-15(10-8-13)25-18(24-11-5-4-6-12-24)22-23-19(25)28-14(2)16(26)21-17(27)20-3/h7-10,14H,4-6,11-12H2,1-3H3,(H2,20,21,26,27)/t14-/m0/s1. The first-order valence-electron chi connectivity index (χ1n) is 9.46. The molecule has 2 N–H and O–H groups in total. The summed E-state index contributed by atoms with van der Waals surface area (Å²) in [5.74, 6) is 0.423. The number of aryl methyl sites for hydroxylation is 1. The zero-order valence-electron chi connectivity index (χ0n) is 16.4. The average molecular weight is 403 g/mol. The van der Waals surface area contributed by atoms with Gasteiger partial charge in [0, 0.05) is 20.1 Å².